The molecule has 1 aliphatic rings. The van der Waals surface area contributed by atoms with Crippen LogP contribution in [0.2, 0.25) is 0 Å². The predicted octanol–water partition coefficient (Wildman–Crippen LogP) is -0.182. The zero-order valence-electron chi connectivity index (χ0n) is 14.7. The van der Waals surface area contributed by atoms with E-state index in [2.05, 4.69) is 26.2 Å². The molecule has 0 atom stereocenters. The monoisotopic (exact) mass is 447 g/mol. The van der Waals surface area contributed by atoms with Crippen molar-refractivity contribution in [3.8, 4) is 0 Å². The molecule has 2 amide bonds. The summed E-state index contributed by atoms with van der Waals surface area (Å²) in [5.41, 5.74) is 0. The number of pyridine rings is 1. The van der Waals surface area contributed by atoms with Crippen LogP contribution in [0.5, 0.6) is 0 Å². The van der Waals surface area contributed by atoms with E-state index in [-0.39, 0.29) is 24.9 Å². The second kappa shape index (κ2) is 8.89. The quantitative estimate of drug-likeness (QED) is 0.648. The smallest absolute Gasteiger partial charge is 0.239 e. The lowest BCUT2D eigenvalue weighted by atomic mass is 10.3. The number of nitrogens with zero attached hydrogens (tertiary/aromatic N) is 4. The molecular formula is C15H22BrN5O4S. The van der Waals surface area contributed by atoms with Gasteiger partial charge in [-0.3, -0.25) is 14.5 Å². The number of amides is 2. The standard InChI is InChI=1S/C15H22BrN5O4S/c1-19(10-14(22)18-13-4-3-12(16)9-17-13)11-15(23)20-5-7-21(8-6-20)26(2,24)25/h3-4,9H,5-8,10-11H2,1-2H3,(H,17,18,22). The van der Waals surface area contributed by atoms with Crippen molar-refractivity contribution in [2.45, 2.75) is 0 Å². The number of carbonyl (C=O) groups is 2. The normalized spacial score (nSPS) is 15.9. The molecule has 0 bridgehead atoms. The molecule has 0 aliphatic carbocycles. The number of hydrogen-bond acceptors (Lipinski definition) is 6. The Morgan fingerprint density at radius 3 is 2.42 bits per heavy atom. The summed E-state index contributed by atoms with van der Waals surface area (Å²) in [4.78, 5) is 31.6. The van der Waals surface area contributed by atoms with Crippen molar-refractivity contribution < 1.29 is 18.0 Å². The Balaban J connectivity index is 1.76. The molecule has 2 heterocycles. The summed E-state index contributed by atoms with van der Waals surface area (Å²) < 4.78 is 25.2. The summed E-state index contributed by atoms with van der Waals surface area (Å²) in [5, 5.41) is 2.66. The van der Waals surface area contributed by atoms with Gasteiger partial charge in [0.1, 0.15) is 5.82 Å². The van der Waals surface area contributed by atoms with Crippen LogP contribution in [0.1, 0.15) is 0 Å². The van der Waals surface area contributed by atoms with Gasteiger partial charge in [0.15, 0.2) is 0 Å². The van der Waals surface area contributed by atoms with Crippen LogP contribution in [0.25, 0.3) is 0 Å². The summed E-state index contributed by atoms with van der Waals surface area (Å²) >= 11 is 3.27. The highest BCUT2D eigenvalue weighted by Gasteiger charge is 2.26. The van der Waals surface area contributed by atoms with Gasteiger partial charge < -0.3 is 10.2 Å². The molecule has 9 nitrogen and oxygen atoms in total. The molecule has 0 unspecified atom stereocenters. The first kappa shape index (κ1) is 20.7. The van der Waals surface area contributed by atoms with Crippen LogP contribution in [0.3, 0.4) is 0 Å². The SMILES string of the molecule is CN(CC(=O)Nc1ccc(Br)cn1)CC(=O)N1CCN(S(C)(=O)=O)CC1. The lowest BCUT2D eigenvalue weighted by Gasteiger charge is -2.34. The van der Waals surface area contributed by atoms with E-state index < -0.39 is 10.0 Å². The molecule has 1 N–H and O–H groups in total. The summed E-state index contributed by atoms with van der Waals surface area (Å²) in [7, 11) is -1.54. The third kappa shape index (κ3) is 6.31. The van der Waals surface area contributed by atoms with Gasteiger partial charge >= 0.3 is 0 Å². The number of sulfonamides is 1. The van der Waals surface area contributed by atoms with Crippen molar-refractivity contribution in [3.63, 3.8) is 0 Å². The van der Waals surface area contributed by atoms with E-state index in [9.17, 15) is 18.0 Å². The highest BCUT2D eigenvalue weighted by atomic mass is 79.9. The number of halogens is 1. The fraction of sp³-hybridized carbons (Fsp3) is 0.533. The molecule has 0 spiro atoms. The third-order valence-corrected chi connectivity index (χ3v) is 5.65. The maximum Gasteiger partial charge on any atom is 0.239 e. The lowest BCUT2D eigenvalue weighted by Crippen LogP contribution is -2.52. The Morgan fingerprint density at radius 1 is 1.23 bits per heavy atom. The minimum atomic E-state index is -3.22. The van der Waals surface area contributed by atoms with Crippen LogP contribution in [-0.2, 0) is 19.6 Å². The minimum Gasteiger partial charge on any atom is -0.339 e. The first-order chi connectivity index (χ1) is 12.1. The summed E-state index contributed by atoms with van der Waals surface area (Å²) in [6.07, 6.45) is 2.75. The number of carbonyl (C=O) groups excluding carboxylic acids is 2. The number of rotatable bonds is 6. The van der Waals surface area contributed by atoms with Crippen molar-refractivity contribution in [1.82, 2.24) is 19.1 Å². The second-order valence-corrected chi connectivity index (χ2v) is 9.02. The van der Waals surface area contributed by atoms with Crippen molar-refractivity contribution in [3.05, 3.63) is 22.8 Å². The maximum absolute atomic E-state index is 12.3. The Bertz CT molecular complexity index is 748. The number of nitrogens with one attached hydrogen (secondary N) is 1. The van der Waals surface area contributed by atoms with Gasteiger partial charge in [-0.05, 0) is 35.1 Å². The van der Waals surface area contributed by atoms with E-state index in [1.165, 1.54) is 4.31 Å². The van der Waals surface area contributed by atoms with Crippen LogP contribution in [0.4, 0.5) is 5.82 Å². The Hall–Kier alpha value is -1.56. The Morgan fingerprint density at radius 2 is 1.88 bits per heavy atom. The van der Waals surface area contributed by atoms with Crippen LogP contribution in [0, 0.1) is 0 Å². The van der Waals surface area contributed by atoms with Crippen LogP contribution < -0.4 is 5.32 Å². The van der Waals surface area contributed by atoms with Gasteiger partial charge in [0.2, 0.25) is 21.8 Å². The van der Waals surface area contributed by atoms with E-state index in [0.29, 0.717) is 32.0 Å². The van der Waals surface area contributed by atoms with E-state index in [1.807, 2.05) is 0 Å². The minimum absolute atomic E-state index is 0.0484. The molecule has 1 saturated heterocycles. The van der Waals surface area contributed by atoms with E-state index in [1.54, 1.807) is 35.2 Å². The molecule has 0 radical (unpaired) electrons. The van der Waals surface area contributed by atoms with Crippen molar-refractivity contribution in [2.24, 2.45) is 0 Å². The fourth-order valence-electron chi connectivity index (χ4n) is 2.53. The van der Waals surface area contributed by atoms with Gasteiger partial charge in [0.25, 0.3) is 0 Å². The summed E-state index contributed by atoms with van der Waals surface area (Å²) in [5.74, 6) is 0.0436. The van der Waals surface area contributed by atoms with Crippen LogP contribution >= 0.6 is 15.9 Å². The van der Waals surface area contributed by atoms with E-state index in [0.717, 1.165) is 10.7 Å². The van der Waals surface area contributed by atoms with Crippen molar-refractivity contribution in [2.75, 3.05) is 57.9 Å². The molecular weight excluding hydrogens is 426 g/mol. The molecule has 11 heteroatoms. The topological polar surface area (TPSA) is 103 Å². The predicted molar refractivity (Wildman–Crippen MR) is 101 cm³/mol. The number of aromatic nitrogens is 1. The first-order valence-corrected chi connectivity index (χ1v) is 10.6. The van der Waals surface area contributed by atoms with E-state index in [4.69, 9.17) is 0 Å². The zero-order chi connectivity index (χ0) is 19.3. The lowest BCUT2D eigenvalue weighted by molar-refractivity contribution is -0.133. The van der Waals surface area contributed by atoms with Crippen LogP contribution in [-0.4, -0.2) is 91.9 Å². The average molecular weight is 448 g/mol. The van der Waals surface area contributed by atoms with Crippen molar-refractivity contribution in [1.29, 1.82) is 0 Å². The molecule has 1 aromatic heterocycles. The number of anilines is 1. The number of likely N-dealkylation sites (N-methyl/N-ethyl adjacent to an activating group) is 1. The van der Waals surface area contributed by atoms with Gasteiger partial charge in [-0.25, -0.2) is 13.4 Å². The summed E-state index contributed by atoms with van der Waals surface area (Å²) in [6, 6.07) is 3.44. The van der Waals surface area contributed by atoms with Gasteiger partial charge in [0, 0.05) is 36.8 Å². The molecule has 26 heavy (non-hydrogen) atoms. The average Bonchev–Trinajstić information content (AvgIpc) is 2.56. The molecule has 0 saturated carbocycles. The number of piperazine rings is 1. The highest BCUT2D eigenvalue weighted by molar-refractivity contribution is 9.10. The number of hydrogen-bond donors (Lipinski definition) is 1. The third-order valence-electron chi connectivity index (χ3n) is 3.87. The molecule has 2 rings (SSSR count). The maximum atomic E-state index is 12.3. The molecule has 144 valence electrons. The Kier molecular flexibility index (Phi) is 7.09. The largest absolute Gasteiger partial charge is 0.339 e. The first-order valence-electron chi connectivity index (χ1n) is 7.98. The fourth-order valence-corrected chi connectivity index (χ4v) is 3.59. The van der Waals surface area contributed by atoms with Gasteiger partial charge in [-0.2, -0.15) is 4.31 Å². The molecule has 1 aromatic rings. The molecule has 1 aliphatic heterocycles. The van der Waals surface area contributed by atoms with Gasteiger partial charge in [0.05, 0.1) is 19.3 Å². The molecule has 1 fully saturated rings. The second-order valence-electron chi connectivity index (χ2n) is 6.12. The van der Waals surface area contributed by atoms with E-state index >= 15 is 0 Å². The van der Waals surface area contributed by atoms with Gasteiger partial charge in [-0.1, -0.05) is 0 Å². The van der Waals surface area contributed by atoms with Gasteiger partial charge in [-0.15, -0.1) is 0 Å². The summed E-state index contributed by atoms with van der Waals surface area (Å²) in [6.45, 7) is 1.43. The molecule has 0 aromatic carbocycles. The Labute approximate surface area is 161 Å². The van der Waals surface area contributed by atoms with Crippen LogP contribution in [0.15, 0.2) is 22.8 Å². The zero-order valence-corrected chi connectivity index (χ0v) is 17.1. The highest BCUT2D eigenvalue weighted by Crippen LogP contribution is 2.10. The van der Waals surface area contributed by atoms with Crippen molar-refractivity contribution >= 4 is 43.6 Å².